The summed E-state index contributed by atoms with van der Waals surface area (Å²) in [6.45, 7) is 2.80. The van der Waals surface area contributed by atoms with Crippen molar-refractivity contribution in [2.75, 3.05) is 24.8 Å². The molecule has 0 radical (unpaired) electrons. The lowest BCUT2D eigenvalue weighted by molar-refractivity contribution is 0.327. The fraction of sp³-hybridized carbons (Fsp3) is 0.714. The zero-order valence-corrected chi connectivity index (χ0v) is 8.87. The standard InChI is InChI=1S/C7H14N4O2S/c1-2-8-5-9-10-6-11-3-4-14(12,13)7-11/h2,5,10H,3-4,6-7H2,1H3/b8-2-,9-5-. The number of sulfone groups is 1. The summed E-state index contributed by atoms with van der Waals surface area (Å²) >= 11 is 0. The molecule has 1 N–H and O–H groups in total. The van der Waals surface area contributed by atoms with Gasteiger partial charge < -0.3 is 0 Å². The van der Waals surface area contributed by atoms with Gasteiger partial charge in [0.1, 0.15) is 12.2 Å². The van der Waals surface area contributed by atoms with Gasteiger partial charge in [-0.25, -0.2) is 13.4 Å². The first-order valence-electron chi connectivity index (χ1n) is 4.29. The molecule has 0 amide bonds. The maximum absolute atomic E-state index is 11.0. The predicted octanol–water partition coefficient (Wildman–Crippen LogP) is -0.745. The van der Waals surface area contributed by atoms with Gasteiger partial charge in [0.2, 0.25) is 0 Å². The van der Waals surface area contributed by atoms with Crippen molar-refractivity contribution >= 4 is 22.4 Å². The summed E-state index contributed by atoms with van der Waals surface area (Å²) in [7, 11) is -2.84. The third-order valence-electron chi connectivity index (χ3n) is 1.76. The Bertz CT molecular complexity index is 323. The van der Waals surface area contributed by atoms with Gasteiger partial charge in [-0.2, -0.15) is 5.10 Å². The van der Waals surface area contributed by atoms with Crippen molar-refractivity contribution in [2.24, 2.45) is 10.1 Å². The molecule has 0 aliphatic carbocycles. The van der Waals surface area contributed by atoms with Crippen LogP contribution in [0, 0.1) is 0 Å². The van der Waals surface area contributed by atoms with Crippen LogP contribution < -0.4 is 5.43 Å². The van der Waals surface area contributed by atoms with Crippen molar-refractivity contribution in [1.82, 2.24) is 10.3 Å². The molecule has 1 saturated heterocycles. The number of hydrazone groups is 1. The van der Waals surface area contributed by atoms with Crippen molar-refractivity contribution in [2.45, 2.75) is 6.92 Å². The molecule has 0 spiro atoms. The maximum atomic E-state index is 11.0. The highest BCUT2D eigenvalue weighted by Crippen LogP contribution is 2.04. The van der Waals surface area contributed by atoms with E-state index in [9.17, 15) is 8.42 Å². The second-order valence-electron chi connectivity index (χ2n) is 2.94. The summed E-state index contributed by atoms with van der Waals surface area (Å²) in [4.78, 5) is 5.53. The molecular weight excluding hydrogens is 204 g/mol. The predicted molar refractivity (Wildman–Crippen MR) is 56.0 cm³/mol. The molecule has 0 aromatic heterocycles. The third kappa shape index (κ3) is 3.84. The van der Waals surface area contributed by atoms with Crippen molar-refractivity contribution in [3.63, 3.8) is 0 Å². The van der Waals surface area contributed by atoms with Crippen molar-refractivity contribution in [1.29, 1.82) is 0 Å². The summed E-state index contributed by atoms with van der Waals surface area (Å²) in [6, 6.07) is 0. The van der Waals surface area contributed by atoms with Crippen LogP contribution in [0.5, 0.6) is 0 Å². The van der Waals surface area contributed by atoms with Crippen LogP contribution in [0.3, 0.4) is 0 Å². The van der Waals surface area contributed by atoms with Crippen LogP contribution in [0.2, 0.25) is 0 Å². The smallest absolute Gasteiger partial charge is 0.164 e. The molecule has 0 saturated carbocycles. The number of nitrogens with one attached hydrogen (secondary N) is 1. The number of hydrogen-bond acceptors (Lipinski definition) is 5. The van der Waals surface area contributed by atoms with Crippen LogP contribution in [0.25, 0.3) is 0 Å². The molecule has 0 aromatic carbocycles. The topological polar surface area (TPSA) is 74.1 Å². The van der Waals surface area contributed by atoms with Crippen LogP contribution in [0.15, 0.2) is 10.1 Å². The molecule has 1 rings (SSSR count). The third-order valence-corrected chi connectivity index (χ3v) is 3.32. The Morgan fingerprint density at radius 1 is 1.57 bits per heavy atom. The van der Waals surface area contributed by atoms with E-state index in [0.29, 0.717) is 13.2 Å². The zero-order valence-electron chi connectivity index (χ0n) is 8.05. The Kier molecular flexibility index (Phi) is 4.02. The summed E-state index contributed by atoms with van der Waals surface area (Å²) in [5.41, 5.74) is 2.72. The van der Waals surface area contributed by atoms with Gasteiger partial charge >= 0.3 is 0 Å². The van der Waals surface area contributed by atoms with E-state index in [1.165, 1.54) is 6.34 Å². The van der Waals surface area contributed by atoms with Crippen LogP contribution in [-0.4, -0.2) is 50.7 Å². The van der Waals surface area contributed by atoms with E-state index < -0.39 is 9.84 Å². The van der Waals surface area contributed by atoms with Crippen LogP contribution in [-0.2, 0) is 9.84 Å². The number of rotatable bonds is 4. The number of aliphatic imine (C=N–C) groups is 1. The molecule has 0 bridgehead atoms. The Labute approximate surface area is 83.6 Å². The minimum Gasteiger partial charge on any atom is -0.294 e. The van der Waals surface area contributed by atoms with Gasteiger partial charge in [0.05, 0.1) is 12.4 Å². The largest absolute Gasteiger partial charge is 0.294 e. The Balaban J connectivity index is 2.21. The first-order valence-corrected chi connectivity index (χ1v) is 6.11. The van der Waals surface area contributed by atoms with Gasteiger partial charge in [-0.15, -0.1) is 0 Å². The molecule has 0 aromatic rings. The monoisotopic (exact) mass is 218 g/mol. The molecular formula is C7H14N4O2S. The number of nitrogens with zero attached hydrogens (tertiary/aromatic N) is 3. The molecule has 6 nitrogen and oxygen atoms in total. The fourth-order valence-corrected chi connectivity index (χ4v) is 2.52. The molecule has 1 fully saturated rings. The van der Waals surface area contributed by atoms with E-state index >= 15 is 0 Å². The lowest BCUT2D eigenvalue weighted by atomic mass is 10.7. The Hall–Kier alpha value is -0.950. The maximum Gasteiger partial charge on any atom is 0.164 e. The molecule has 0 atom stereocenters. The van der Waals surface area contributed by atoms with Gasteiger partial charge in [0, 0.05) is 12.8 Å². The molecule has 0 unspecified atom stereocenters. The molecule has 7 heteroatoms. The van der Waals surface area contributed by atoms with Crippen LogP contribution in [0.1, 0.15) is 6.92 Å². The van der Waals surface area contributed by atoms with E-state index in [2.05, 4.69) is 15.5 Å². The Morgan fingerprint density at radius 2 is 2.36 bits per heavy atom. The van der Waals surface area contributed by atoms with Gasteiger partial charge in [0.25, 0.3) is 0 Å². The number of hydrogen-bond donors (Lipinski definition) is 1. The summed E-state index contributed by atoms with van der Waals surface area (Å²) < 4.78 is 22.1. The van der Waals surface area contributed by atoms with E-state index in [-0.39, 0.29) is 11.6 Å². The summed E-state index contributed by atoms with van der Waals surface area (Å²) in [5.74, 6) is 0.359. The normalized spacial score (nSPS) is 22.4. The SMILES string of the molecule is C/C=N\C=N/NCN1CCS(=O)(=O)C1. The zero-order chi connectivity index (χ0) is 10.4. The second kappa shape index (κ2) is 5.06. The highest BCUT2D eigenvalue weighted by molar-refractivity contribution is 7.91. The Morgan fingerprint density at radius 3 is 2.93 bits per heavy atom. The average Bonchev–Trinajstić information content (AvgIpc) is 2.45. The quantitative estimate of drug-likeness (QED) is 0.383. The minimum atomic E-state index is -2.84. The fourth-order valence-electron chi connectivity index (χ4n) is 1.08. The highest BCUT2D eigenvalue weighted by atomic mass is 32.2. The molecule has 1 aliphatic heterocycles. The lowest BCUT2D eigenvalue weighted by Gasteiger charge is -2.11. The molecule has 1 aliphatic rings. The summed E-state index contributed by atoms with van der Waals surface area (Å²) in [5, 5.41) is 3.76. The van der Waals surface area contributed by atoms with Gasteiger partial charge in [-0.3, -0.25) is 10.3 Å². The van der Waals surface area contributed by atoms with Crippen LogP contribution in [0.4, 0.5) is 0 Å². The first-order chi connectivity index (χ1) is 6.64. The van der Waals surface area contributed by atoms with E-state index in [0.717, 1.165) is 0 Å². The van der Waals surface area contributed by atoms with Gasteiger partial charge in [-0.1, -0.05) is 0 Å². The van der Waals surface area contributed by atoms with E-state index in [4.69, 9.17) is 0 Å². The van der Waals surface area contributed by atoms with Crippen molar-refractivity contribution < 1.29 is 8.42 Å². The first kappa shape index (κ1) is 11.1. The average molecular weight is 218 g/mol. The van der Waals surface area contributed by atoms with Crippen LogP contribution >= 0.6 is 0 Å². The second-order valence-corrected chi connectivity index (χ2v) is 5.09. The minimum absolute atomic E-state index is 0.118. The van der Waals surface area contributed by atoms with Crippen molar-refractivity contribution in [3.05, 3.63) is 0 Å². The van der Waals surface area contributed by atoms with E-state index in [1.807, 2.05) is 0 Å². The lowest BCUT2D eigenvalue weighted by Crippen LogP contribution is -2.29. The van der Waals surface area contributed by atoms with Gasteiger partial charge in [-0.05, 0) is 6.92 Å². The molecule has 14 heavy (non-hydrogen) atoms. The van der Waals surface area contributed by atoms with Gasteiger partial charge in [0.15, 0.2) is 9.84 Å². The highest BCUT2D eigenvalue weighted by Gasteiger charge is 2.24. The summed E-state index contributed by atoms with van der Waals surface area (Å²) in [6.07, 6.45) is 3.00. The molecule has 80 valence electrons. The van der Waals surface area contributed by atoms with Crippen molar-refractivity contribution in [3.8, 4) is 0 Å². The molecule has 1 heterocycles. The van der Waals surface area contributed by atoms with E-state index in [1.54, 1.807) is 18.0 Å².